The van der Waals surface area contributed by atoms with Gasteiger partial charge in [0.15, 0.2) is 0 Å². The summed E-state index contributed by atoms with van der Waals surface area (Å²) in [6.07, 6.45) is 4.59. The molecule has 0 spiro atoms. The molecule has 2 atom stereocenters. The highest BCUT2D eigenvalue weighted by atomic mass is 16.5. The molecule has 0 fully saturated rings. The molecule has 0 saturated heterocycles. The molecule has 0 aliphatic carbocycles. The van der Waals surface area contributed by atoms with Crippen LogP contribution >= 0.6 is 0 Å². The normalized spacial score (nSPS) is 18.2. The topological polar surface area (TPSA) is 35.2 Å². The first-order valence-electron chi connectivity index (χ1n) is 5.29. The number of nitrogens with two attached hydrogens (primary N) is 1. The molecular formula is C11H25NO. The number of rotatable bonds is 7. The van der Waals surface area contributed by atoms with E-state index in [1.54, 1.807) is 7.11 Å². The van der Waals surface area contributed by atoms with E-state index in [-0.39, 0.29) is 5.54 Å². The summed E-state index contributed by atoms with van der Waals surface area (Å²) >= 11 is 0. The van der Waals surface area contributed by atoms with Crippen molar-refractivity contribution < 1.29 is 4.74 Å². The highest BCUT2D eigenvalue weighted by molar-refractivity contribution is 4.80. The van der Waals surface area contributed by atoms with Crippen LogP contribution in [-0.2, 0) is 4.74 Å². The molecule has 0 aromatic heterocycles. The van der Waals surface area contributed by atoms with Crippen LogP contribution in [0.1, 0.15) is 46.5 Å². The zero-order valence-electron chi connectivity index (χ0n) is 9.60. The first-order chi connectivity index (χ1) is 6.02. The van der Waals surface area contributed by atoms with Gasteiger partial charge in [-0.05, 0) is 25.7 Å². The molecule has 2 heteroatoms. The van der Waals surface area contributed by atoms with Gasteiger partial charge in [-0.1, -0.05) is 26.7 Å². The summed E-state index contributed by atoms with van der Waals surface area (Å²) in [6.45, 7) is 7.39. The molecule has 13 heavy (non-hydrogen) atoms. The largest absolute Gasteiger partial charge is 0.385 e. The van der Waals surface area contributed by atoms with Crippen molar-refractivity contribution in [1.29, 1.82) is 0 Å². The van der Waals surface area contributed by atoms with Crippen LogP contribution in [0.15, 0.2) is 0 Å². The summed E-state index contributed by atoms with van der Waals surface area (Å²) in [7, 11) is 1.73. The Hall–Kier alpha value is -0.0800. The van der Waals surface area contributed by atoms with Crippen molar-refractivity contribution in [2.75, 3.05) is 13.7 Å². The molecule has 0 radical (unpaired) electrons. The van der Waals surface area contributed by atoms with Gasteiger partial charge < -0.3 is 10.5 Å². The van der Waals surface area contributed by atoms with E-state index in [0.717, 1.165) is 25.4 Å². The molecule has 0 rings (SSSR count). The third kappa shape index (κ3) is 7.03. The highest BCUT2D eigenvalue weighted by Gasteiger charge is 2.20. The van der Waals surface area contributed by atoms with Gasteiger partial charge in [-0.25, -0.2) is 0 Å². The maximum atomic E-state index is 6.15. The van der Waals surface area contributed by atoms with Crippen molar-refractivity contribution in [2.45, 2.75) is 52.0 Å². The monoisotopic (exact) mass is 187 g/mol. The molecule has 1 unspecified atom stereocenters. The predicted octanol–water partition coefficient (Wildman–Crippen LogP) is 2.57. The minimum atomic E-state index is -0.0510. The predicted molar refractivity (Wildman–Crippen MR) is 57.8 cm³/mol. The van der Waals surface area contributed by atoms with Gasteiger partial charge in [0.1, 0.15) is 0 Å². The Balaban J connectivity index is 3.71. The smallest absolute Gasteiger partial charge is 0.0479 e. The van der Waals surface area contributed by atoms with Gasteiger partial charge in [-0.2, -0.15) is 0 Å². The van der Waals surface area contributed by atoms with Gasteiger partial charge in [0.05, 0.1) is 0 Å². The van der Waals surface area contributed by atoms with Crippen molar-refractivity contribution in [3.05, 3.63) is 0 Å². The fourth-order valence-electron chi connectivity index (χ4n) is 1.83. The summed E-state index contributed by atoms with van der Waals surface area (Å²) < 4.78 is 5.04. The fraction of sp³-hybridized carbons (Fsp3) is 1.00. The summed E-state index contributed by atoms with van der Waals surface area (Å²) in [5.74, 6) is 0.733. The molecule has 0 aromatic carbocycles. The van der Waals surface area contributed by atoms with E-state index in [4.69, 9.17) is 10.5 Å². The van der Waals surface area contributed by atoms with Crippen LogP contribution < -0.4 is 5.73 Å². The minimum absolute atomic E-state index is 0.0510. The average molecular weight is 187 g/mol. The molecule has 2 N–H and O–H groups in total. The van der Waals surface area contributed by atoms with Gasteiger partial charge in [0, 0.05) is 19.3 Å². The Labute approximate surface area is 82.8 Å². The summed E-state index contributed by atoms with van der Waals surface area (Å²) in [6, 6.07) is 0. The Kier molecular flexibility index (Phi) is 6.35. The van der Waals surface area contributed by atoms with Crippen LogP contribution in [0.4, 0.5) is 0 Å². The molecule has 0 amide bonds. The van der Waals surface area contributed by atoms with Crippen LogP contribution in [0.25, 0.3) is 0 Å². The summed E-state index contributed by atoms with van der Waals surface area (Å²) in [4.78, 5) is 0. The standard InChI is InChI=1S/C11H25NO/c1-5-6-10(2)9-11(3,12)7-8-13-4/h10H,5-9,12H2,1-4H3/t10?,11-/m1/s1. The SMILES string of the molecule is CCCC(C)C[C@](C)(N)CCOC. The van der Waals surface area contributed by atoms with Crippen LogP contribution in [0.2, 0.25) is 0 Å². The van der Waals surface area contributed by atoms with Crippen molar-refractivity contribution in [1.82, 2.24) is 0 Å². The number of hydrogen-bond donors (Lipinski definition) is 1. The van der Waals surface area contributed by atoms with E-state index in [1.165, 1.54) is 12.8 Å². The van der Waals surface area contributed by atoms with Gasteiger partial charge in [0.25, 0.3) is 0 Å². The van der Waals surface area contributed by atoms with Crippen molar-refractivity contribution in [3.8, 4) is 0 Å². The second-order valence-electron chi connectivity index (χ2n) is 4.49. The first-order valence-corrected chi connectivity index (χ1v) is 5.29. The van der Waals surface area contributed by atoms with Gasteiger partial charge in [-0.15, -0.1) is 0 Å². The Bertz CT molecular complexity index is 123. The molecular weight excluding hydrogens is 162 g/mol. The van der Waals surface area contributed by atoms with Crippen LogP contribution in [0, 0.1) is 5.92 Å². The molecule has 2 nitrogen and oxygen atoms in total. The van der Waals surface area contributed by atoms with Crippen LogP contribution in [0.3, 0.4) is 0 Å². The third-order valence-electron chi connectivity index (χ3n) is 2.47. The first kappa shape index (κ1) is 12.9. The molecule has 0 heterocycles. The number of hydrogen-bond acceptors (Lipinski definition) is 2. The minimum Gasteiger partial charge on any atom is -0.385 e. The third-order valence-corrected chi connectivity index (χ3v) is 2.47. The van der Waals surface area contributed by atoms with E-state index in [0.29, 0.717) is 0 Å². The van der Waals surface area contributed by atoms with Gasteiger partial charge in [0.2, 0.25) is 0 Å². The molecule has 0 bridgehead atoms. The second-order valence-corrected chi connectivity index (χ2v) is 4.49. The molecule has 0 saturated carbocycles. The van der Waals surface area contributed by atoms with Crippen molar-refractivity contribution in [3.63, 3.8) is 0 Å². The Morgan fingerprint density at radius 1 is 1.46 bits per heavy atom. The zero-order chi connectivity index (χ0) is 10.3. The maximum Gasteiger partial charge on any atom is 0.0479 e. The molecule has 0 aliphatic rings. The molecule has 80 valence electrons. The number of ether oxygens (including phenoxy) is 1. The lowest BCUT2D eigenvalue weighted by Gasteiger charge is -2.27. The lowest BCUT2D eigenvalue weighted by atomic mass is 9.86. The zero-order valence-corrected chi connectivity index (χ0v) is 9.60. The van der Waals surface area contributed by atoms with Gasteiger partial charge >= 0.3 is 0 Å². The van der Waals surface area contributed by atoms with Crippen LogP contribution in [-0.4, -0.2) is 19.3 Å². The van der Waals surface area contributed by atoms with E-state index in [9.17, 15) is 0 Å². The van der Waals surface area contributed by atoms with E-state index < -0.39 is 0 Å². The second kappa shape index (κ2) is 6.39. The lowest BCUT2D eigenvalue weighted by Crippen LogP contribution is -2.39. The van der Waals surface area contributed by atoms with Crippen molar-refractivity contribution in [2.24, 2.45) is 11.7 Å². The highest BCUT2D eigenvalue weighted by Crippen LogP contribution is 2.20. The quantitative estimate of drug-likeness (QED) is 0.665. The Morgan fingerprint density at radius 3 is 2.54 bits per heavy atom. The van der Waals surface area contributed by atoms with Gasteiger partial charge in [-0.3, -0.25) is 0 Å². The average Bonchev–Trinajstić information content (AvgIpc) is 2.00. The Morgan fingerprint density at radius 2 is 2.08 bits per heavy atom. The van der Waals surface area contributed by atoms with E-state index in [1.807, 2.05) is 0 Å². The van der Waals surface area contributed by atoms with E-state index in [2.05, 4.69) is 20.8 Å². The lowest BCUT2D eigenvalue weighted by molar-refractivity contribution is 0.163. The summed E-state index contributed by atoms with van der Waals surface area (Å²) in [5, 5.41) is 0. The summed E-state index contributed by atoms with van der Waals surface area (Å²) in [5.41, 5.74) is 6.10. The van der Waals surface area contributed by atoms with Crippen molar-refractivity contribution >= 4 is 0 Å². The fourth-order valence-corrected chi connectivity index (χ4v) is 1.83. The van der Waals surface area contributed by atoms with E-state index >= 15 is 0 Å². The molecule has 0 aliphatic heterocycles. The number of methoxy groups -OCH3 is 1. The molecule has 0 aromatic rings. The maximum absolute atomic E-state index is 6.15. The van der Waals surface area contributed by atoms with Crippen LogP contribution in [0.5, 0.6) is 0 Å².